The van der Waals surface area contributed by atoms with Crippen LogP contribution in [-0.4, -0.2) is 18.0 Å². The second-order valence-corrected chi connectivity index (χ2v) is 5.55. The van der Waals surface area contributed by atoms with Crippen molar-refractivity contribution < 1.29 is 14.3 Å². The summed E-state index contributed by atoms with van der Waals surface area (Å²) in [4.78, 5) is 23.9. The van der Waals surface area contributed by atoms with E-state index < -0.39 is 18.0 Å². The fourth-order valence-electron chi connectivity index (χ4n) is 1.97. The molecule has 6 heteroatoms. The minimum absolute atomic E-state index is 0.0543. The Balaban J connectivity index is 1.89. The molecule has 5 nitrogen and oxygen atoms in total. The molecule has 0 bridgehead atoms. The molecule has 0 saturated heterocycles. The molecule has 0 aliphatic rings. The minimum Gasteiger partial charge on any atom is -0.452 e. The van der Waals surface area contributed by atoms with Crippen LogP contribution in [0.1, 0.15) is 18.1 Å². The van der Waals surface area contributed by atoms with E-state index in [1.807, 2.05) is 6.07 Å². The lowest BCUT2D eigenvalue weighted by Gasteiger charge is -2.13. The van der Waals surface area contributed by atoms with Crippen LogP contribution in [0.4, 0.5) is 5.69 Å². The first-order chi connectivity index (χ1) is 11.5. The van der Waals surface area contributed by atoms with Crippen molar-refractivity contribution in [3.8, 4) is 6.07 Å². The molecule has 122 valence electrons. The van der Waals surface area contributed by atoms with Gasteiger partial charge in [-0.2, -0.15) is 5.26 Å². The summed E-state index contributed by atoms with van der Waals surface area (Å²) in [5.74, 6) is -0.972. The Morgan fingerprint density at radius 3 is 2.62 bits per heavy atom. The summed E-state index contributed by atoms with van der Waals surface area (Å²) in [5.41, 5.74) is 1.65. The van der Waals surface area contributed by atoms with Crippen LogP contribution in [-0.2, 0) is 20.7 Å². The molecule has 0 spiro atoms. The summed E-state index contributed by atoms with van der Waals surface area (Å²) in [6, 6.07) is 15.3. The molecule has 24 heavy (non-hydrogen) atoms. The SMILES string of the molecule is CC(OC(=O)Cc1ccc(Cl)cc1)C(=O)Nc1cccc(C#N)c1. The van der Waals surface area contributed by atoms with E-state index in [1.165, 1.54) is 6.92 Å². The van der Waals surface area contributed by atoms with Crippen LogP contribution in [0.2, 0.25) is 5.02 Å². The molecule has 2 aromatic rings. The molecule has 1 N–H and O–H groups in total. The predicted molar refractivity (Wildman–Crippen MR) is 90.5 cm³/mol. The first kappa shape index (κ1) is 17.5. The number of carbonyl (C=O) groups is 2. The van der Waals surface area contributed by atoms with Gasteiger partial charge < -0.3 is 10.1 Å². The van der Waals surface area contributed by atoms with Gasteiger partial charge in [0.05, 0.1) is 18.1 Å². The summed E-state index contributed by atoms with van der Waals surface area (Å²) < 4.78 is 5.13. The number of rotatable bonds is 5. The zero-order chi connectivity index (χ0) is 17.5. The van der Waals surface area contributed by atoms with Gasteiger partial charge in [0.15, 0.2) is 6.10 Å². The standard InChI is InChI=1S/C18H15ClN2O3/c1-12(18(23)21-16-4-2-3-14(9-16)11-20)24-17(22)10-13-5-7-15(19)8-6-13/h2-9,12H,10H2,1H3,(H,21,23). The predicted octanol–water partition coefficient (Wildman–Crippen LogP) is 3.32. The summed E-state index contributed by atoms with van der Waals surface area (Å²) in [5, 5.41) is 12.0. The van der Waals surface area contributed by atoms with Crippen molar-refractivity contribution in [2.45, 2.75) is 19.4 Å². The van der Waals surface area contributed by atoms with Crippen LogP contribution in [0.15, 0.2) is 48.5 Å². The lowest BCUT2D eigenvalue weighted by atomic mass is 10.1. The van der Waals surface area contributed by atoms with Crippen LogP contribution in [0.25, 0.3) is 0 Å². The summed E-state index contributed by atoms with van der Waals surface area (Å²) in [6.45, 7) is 1.49. The van der Waals surface area contributed by atoms with Crippen molar-refractivity contribution in [3.63, 3.8) is 0 Å². The van der Waals surface area contributed by atoms with Crippen molar-refractivity contribution in [1.82, 2.24) is 0 Å². The van der Waals surface area contributed by atoms with Gasteiger partial charge in [0.2, 0.25) is 0 Å². The Morgan fingerprint density at radius 1 is 1.25 bits per heavy atom. The summed E-state index contributed by atoms with van der Waals surface area (Å²) in [7, 11) is 0. The monoisotopic (exact) mass is 342 g/mol. The Bertz CT molecular complexity index is 782. The van der Waals surface area contributed by atoms with Crippen molar-refractivity contribution in [2.24, 2.45) is 0 Å². The van der Waals surface area contributed by atoms with Crippen molar-refractivity contribution in [3.05, 3.63) is 64.7 Å². The normalized spacial score (nSPS) is 11.2. The number of hydrogen-bond donors (Lipinski definition) is 1. The van der Waals surface area contributed by atoms with Crippen molar-refractivity contribution in [1.29, 1.82) is 5.26 Å². The Morgan fingerprint density at radius 2 is 1.96 bits per heavy atom. The molecule has 1 unspecified atom stereocenters. The average molecular weight is 343 g/mol. The number of benzene rings is 2. The molecule has 1 amide bonds. The van der Waals surface area contributed by atoms with E-state index in [1.54, 1.807) is 48.5 Å². The molecule has 1 atom stereocenters. The number of nitrogens with one attached hydrogen (secondary N) is 1. The van der Waals surface area contributed by atoms with Gasteiger partial charge in [-0.05, 0) is 42.8 Å². The Labute approximate surface area is 144 Å². The van der Waals surface area contributed by atoms with Crippen molar-refractivity contribution in [2.75, 3.05) is 5.32 Å². The van der Waals surface area contributed by atoms with Crippen molar-refractivity contribution >= 4 is 29.2 Å². The quantitative estimate of drug-likeness (QED) is 0.845. The largest absolute Gasteiger partial charge is 0.452 e. The highest BCUT2D eigenvalue weighted by atomic mass is 35.5. The molecule has 0 aliphatic heterocycles. The van der Waals surface area contributed by atoms with E-state index in [-0.39, 0.29) is 6.42 Å². The second kappa shape index (κ2) is 8.14. The third-order valence-corrected chi connectivity index (χ3v) is 3.45. The molecular weight excluding hydrogens is 328 g/mol. The van der Waals surface area contributed by atoms with Gasteiger partial charge in [-0.3, -0.25) is 9.59 Å². The Kier molecular flexibility index (Phi) is 5.94. The lowest BCUT2D eigenvalue weighted by Crippen LogP contribution is -2.30. The van der Waals surface area contributed by atoms with Gasteiger partial charge in [0.25, 0.3) is 5.91 Å². The number of esters is 1. The number of nitriles is 1. The molecular formula is C18H15ClN2O3. The number of carbonyl (C=O) groups excluding carboxylic acids is 2. The van der Waals surface area contributed by atoms with Crippen LogP contribution < -0.4 is 5.32 Å². The van der Waals surface area contributed by atoms with Gasteiger partial charge in [0.1, 0.15) is 0 Å². The zero-order valence-electron chi connectivity index (χ0n) is 13.0. The minimum atomic E-state index is -0.949. The number of anilines is 1. The second-order valence-electron chi connectivity index (χ2n) is 5.12. The fourth-order valence-corrected chi connectivity index (χ4v) is 2.10. The third kappa shape index (κ3) is 5.11. The maximum atomic E-state index is 12.1. The van der Waals surface area contributed by atoms with Gasteiger partial charge >= 0.3 is 5.97 Å². The molecule has 2 aromatic carbocycles. The molecule has 0 heterocycles. The smallest absolute Gasteiger partial charge is 0.311 e. The van der Waals surface area contributed by atoms with E-state index in [0.717, 1.165) is 5.56 Å². The highest BCUT2D eigenvalue weighted by Crippen LogP contribution is 2.12. The van der Waals surface area contributed by atoms with E-state index in [0.29, 0.717) is 16.3 Å². The maximum absolute atomic E-state index is 12.1. The zero-order valence-corrected chi connectivity index (χ0v) is 13.7. The number of halogens is 1. The lowest BCUT2D eigenvalue weighted by molar-refractivity contribution is -0.152. The summed E-state index contributed by atoms with van der Waals surface area (Å²) >= 11 is 5.78. The van der Waals surface area contributed by atoms with Gasteiger partial charge in [-0.1, -0.05) is 29.8 Å². The average Bonchev–Trinajstić information content (AvgIpc) is 2.57. The molecule has 0 saturated carbocycles. The van der Waals surface area contributed by atoms with Gasteiger partial charge in [-0.15, -0.1) is 0 Å². The van der Waals surface area contributed by atoms with Gasteiger partial charge in [-0.25, -0.2) is 0 Å². The number of amides is 1. The van der Waals surface area contributed by atoms with Gasteiger partial charge in [0, 0.05) is 10.7 Å². The first-order valence-electron chi connectivity index (χ1n) is 7.23. The van der Waals surface area contributed by atoms with E-state index in [2.05, 4.69) is 5.32 Å². The maximum Gasteiger partial charge on any atom is 0.311 e. The van der Waals surface area contributed by atoms with Crippen LogP contribution >= 0.6 is 11.6 Å². The highest BCUT2D eigenvalue weighted by molar-refractivity contribution is 6.30. The third-order valence-electron chi connectivity index (χ3n) is 3.20. The van der Waals surface area contributed by atoms with Crippen LogP contribution in [0.3, 0.4) is 0 Å². The molecule has 0 aromatic heterocycles. The number of nitrogens with zero attached hydrogens (tertiary/aromatic N) is 1. The van der Waals surface area contributed by atoms with E-state index in [9.17, 15) is 9.59 Å². The van der Waals surface area contributed by atoms with Crippen LogP contribution in [0.5, 0.6) is 0 Å². The van der Waals surface area contributed by atoms with Crippen LogP contribution in [0, 0.1) is 11.3 Å². The van der Waals surface area contributed by atoms with E-state index in [4.69, 9.17) is 21.6 Å². The van der Waals surface area contributed by atoms with E-state index >= 15 is 0 Å². The molecule has 0 aliphatic carbocycles. The number of ether oxygens (including phenoxy) is 1. The summed E-state index contributed by atoms with van der Waals surface area (Å²) in [6.07, 6.45) is -0.894. The fraction of sp³-hybridized carbons (Fsp3) is 0.167. The Hall–Kier alpha value is -2.84. The molecule has 0 radical (unpaired) electrons. The topological polar surface area (TPSA) is 79.2 Å². The molecule has 0 fully saturated rings. The highest BCUT2D eigenvalue weighted by Gasteiger charge is 2.18. The number of hydrogen-bond acceptors (Lipinski definition) is 4. The first-order valence-corrected chi connectivity index (χ1v) is 7.60. The molecule has 2 rings (SSSR count).